The van der Waals surface area contributed by atoms with E-state index in [4.69, 9.17) is 11.6 Å². The van der Waals surface area contributed by atoms with Crippen molar-refractivity contribution in [2.45, 2.75) is 0 Å². The van der Waals surface area contributed by atoms with Crippen molar-refractivity contribution in [1.29, 1.82) is 0 Å². The molecular weight excluding hydrogens is 288 g/mol. The van der Waals surface area contributed by atoms with Crippen LogP contribution in [0.1, 0.15) is 5.56 Å². The lowest BCUT2D eigenvalue weighted by atomic mass is 10.2. The fraction of sp³-hybridized carbons (Fsp3) is 0.0625. The summed E-state index contributed by atoms with van der Waals surface area (Å²) in [5.41, 5.74) is 1.50. The number of benzene rings is 2. The van der Waals surface area contributed by atoms with E-state index in [2.05, 4.69) is 5.32 Å². The van der Waals surface area contributed by atoms with Crippen LogP contribution in [-0.2, 0) is 0 Å². The maximum Gasteiger partial charge on any atom is 0.325 e. The molecule has 0 aromatic heterocycles. The molecule has 0 radical (unpaired) electrons. The van der Waals surface area contributed by atoms with E-state index in [1.165, 1.54) is 17.0 Å². The Morgan fingerprint density at radius 2 is 1.86 bits per heavy atom. The summed E-state index contributed by atoms with van der Waals surface area (Å²) in [6, 6.07) is 13.4. The molecule has 0 aliphatic carbocycles. The summed E-state index contributed by atoms with van der Waals surface area (Å²) in [5.74, 6) is 0.158. The summed E-state index contributed by atoms with van der Waals surface area (Å²) in [5, 5.41) is 12.5. The van der Waals surface area contributed by atoms with Crippen molar-refractivity contribution in [3.63, 3.8) is 0 Å². The highest BCUT2D eigenvalue weighted by Gasteiger charge is 2.08. The molecule has 5 heteroatoms. The van der Waals surface area contributed by atoms with Gasteiger partial charge >= 0.3 is 6.03 Å². The number of phenolic OH excluding ortho intramolecular Hbond substituents is 1. The number of carbonyl (C=O) groups is 1. The molecule has 0 atom stereocenters. The molecule has 2 amide bonds. The van der Waals surface area contributed by atoms with Gasteiger partial charge in [-0.05, 0) is 42.0 Å². The van der Waals surface area contributed by atoms with Crippen LogP contribution in [-0.4, -0.2) is 18.2 Å². The third kappa shape index (κ3) is 4.00. The molecule has 0 spiro atoms. The summed E-state index contributed by atoms with van der Waals surface area (Å²) in [7, 11) is 1.64. The number of urea groups is 1. The molecule has 0 heterocycles. The van der Waals surface area contributed by atoms with Crippen LogP contribution in [0.4, 0.5) is 10.5 Å². The fourth-order valence-electron chi connectivity index (χ4n) is 1.70. The minimum absolute atomic E-state index is 0.158. The number of carbonyl (C=O) groups excluding carboxylic acids is 1. The first-order valence-corrected chi connectivity index (χ1v) is 6.70. The number of halogens is 1. The first-order chi connectivity index (χ1) is 10.1. The molecule has 0 aliphatic rings. The highest BCUT2D eigenvalue weighted by atomic mass is 35.5. The molecule has 2 rings (SSSR count). The van der Waals surface area contributed by atoms with Gasteiger partial charge in [0.2, 0.25) is 0 Å². The second kappa shape index (κ2) is 6.81. The smallest absolute Gasteiger partial charge is 0.325 e. The third-order valence-electron chi connectivity index (χ3n) is 2.92. The highest BCUT2D eigenvalue weighted by Crippen LogP contribution is 2.18. The Balaban J connectivity index is 1.98. The molecule has 2 aromatic rings. The van der Waals surface area contributed by atoms with E-state index in [1.807, 2.05) is 18.2 Å². The van der Waals surface area contributed by atoms with Crippen LogP contribution < -0.4 is 10.2 Å². The SMILES string of the molecule is CN(C(=O)N/C=C/c1ccccc1Cl)c1ccc(O)cc1. The number of aromatic hydroxyl groups is 1. The molecule has 2 N–H and O–H groups in total. The van der Waals surface area contributed by atoms with Gasteiger partial charge in [-0.25, -0.2) is 4.79 Å². The standard InChI is InChI=1S/C16H15ClN2O2/c1-19(13-6-8-14(20)9-7-13)16(21)18-11-10-12-4-2-3-5-15(12)17/h2-11,20H,1H3,(H,18,21)/b11-10+. The lowest BCUT2D eigenvalue weighted by Gasteiger charge is -2.16. The Labute approximate surface area is 128 Å². The maximum atomic E-state index is 12.0. The van der Waals surface area contributed by atoms with Gasteiger partial charge in [0.1, 0.15) is 5.75 Å². The van der Waals surface area contributed by atoms with Crippen molar-refractivity contribution in [2.24, 2.45) is 0 Å². The predicted molar refractivity (Wildman–Crippen MR) is 85.5 cm³/mol. The molecule has 0 saturated carbocycles. The van der Waals surface area contributed by atoms with Gasteiger partial charge in [0.15, 0.2) is 0 Å². The summed E-state index contributed by atoms with van der Waals surface area (Å²) in [6.45, 7) is 0. The van der Waals surface area contributed by atoms with Crippen molar-refractivity contribution < 1.29 is 9.90 Å². The molecule has 0 fully saturated rings. The van der Waals surface area contributed by atoms with Crippen LogP contribution in [0.3, 0.4) is 0 Å². The van der Waals surface area contributed by atoms with E-state index in [0.717, 1.165) is 5.56 Å². The molecule has 0 aliphatic heterocycles. The normalized spacial score (nSPS) is 10.6. The van der Waals surface area contributed by atoms with E-state index in [-0.39, 0.29) is 11.8 Å². The van der Waals surface area contributed by atoms with Crippen molar-refractivity contribution in [2.75, 3.05) is 11.9 Å². The predicted octanol–water partition coefficient (Wildman–Crippen LogP) is 3.86. The molecule has 4 nitrogen and oxygen atoms in total. The van der Waals surface area contributed by atoms with Gasteiger partial charge in [0, 0.05) is 24.0 Å². The van der Waals surface area contributed by atoms with Gasteiger partial charge in [-0.15, -0.1) is 0 Å². The monoisotopic (exact) mass is 302 g/mol. The topological polar surface area (TPSA) is 52.6 Å². The van der Waals surface area contributed by atoms with Crippen molar-refractivity contribution in [3.8, 4) is 5.75 Å². The van der Waals surface area contributed by atoms with Crippen LogP contribution in [0.5, 0.6) is 5.75 Å². The summed E-state index contributed by atoms with van der Waals surface area (Å²) in [4.78, 5) is 13.4. The number of hydrogen-bond acceptors (Lipinski definition) is 2. The first-order valence-electron chi connectivity index (χ1n) is 6.32. The van der Waals surface area contributed by atoms with Gasteiger partial charge in [-0.1, -0.05) is 29.8 Å². The minimum Gasteiger partial charge on any atom is -0.508 e. The number of amides is 2. The molecular formula is C16H15ClN2O2. The Morgan fingerprint density at radius 1 is 1.19 bits per heavy atom. The van der Waals surface area contributed by atoms with E-state index in [1.54, 1.807) is 37.5 Å². The Kier molecular flexibility index (Phi) is 4.85. The molecule has 0 saturated heterocycles. The van der Waals surface area contributed by atoms with E-state index >= 15 is 0 Å². The lowest BCUT2D eigenvalue weighted by Crippen LogP contribution is -2.34. The van der Waals surface area contributed by atoms with Crippen LogP contribution >= 0.6 is 11.6 Å². The zero-order valence-electron chi connectivity index (χ0n) is 11.5. The molecule has 2 aromatic carbocycles. The fourth-order valence-corrected chi connectivity index (χ4v) is 1.90. The number of anilines is 1. The van der Waals surface area contributed by atoms with E-state index in [0.29, 0.717) is 10.7 Å². The van der Waals surface area contributed by atoms with Crippen molar-refractivity contribution in [1.82, 2.24) is 5.32 Å². The van der Waals surface area contributed by atoms with Crippen LogP contribution in [0.2, 0.25) is 5.02 Å². The number of hydrogen-bond donors (Lipinski definition) is 2. The summed E-state index contributed by atoms with van der Waals surface area (Å²) in [6.07, 6.45) is 3.27. The Morgan fingerprint density at radius 3 is 2.52 bits per heavy atom. The second-order valence-corrected chi connectivity index (χ2v) is 4.79. The van der Waals surface area contributed by atoms with Gasteiger partial charge in [0.05, 0.1) is 0 Å². The average Bonchev–Trinajstić information content (AvgIpc) is 2.49. The third-order valence-corrected chi connectivity index (χ3v) is 3.26. The minimum atomic E-state index is -0.288. The van der Waals surface area contributed by atoms with E-state index in [9.17, 15) is 9.90 Å². The maximum absolute atomic E-state index is 12.0. The highest BCUT2D eigenvalue weighted by molar-refractivity contribution is 6.32. The number of phenols is 1. The zero-order chi connectivity index (χ0) is 15.2. The molecule has 21 heavy (non-hydrogen) atoms. The number of nitrogens with zero attached hydrogens (tertiary/aromatic N) is 1. The zero-order valence-corrected chi connectivity index (χ0v) is 12.2. The molecule has 0 bridgehead atoms. The van der Waals surface area contributed by atoms with Gasteiger partial charge < -0.3 is 10.4 Å². The van der Waals surface area contributed by atoms with Crippen molar-refractivity contribution >= 4 is 29.4 Å². The van der Waals surface area contributed by atoms with Crippen molar-refractivity contribution in [3.05, 3.63) is 65.3 Å². The van der Waals surface area contributed by atoms with Gasteiger partial charge in [-0.3, -0.25) is 4.90 Å². The summed E-state index contributed by atoms with van der Waals surface area (Å²) >= 11 is 6.01. The van der Waals surface area contributed by atoms with Crippen LogP contribution in [0, 0.1) is 0 Å². The second-order valence-electron chi connectivity index (χ2n) is 4.38. The average molecular weight is 303 g/mol. The number of rotatable bonds is 3. The van der Waals surface area contributed by atoms with Gasteiger partial charge in [0.25, 0.3) is 0 Å². The largest absolute Gasteiger partial charge is 0.508 e. The van der Waals surface area contributed by atoms with Crippen LogP contribution in [0.15, 0.2) is 54.7 Å². The van der Waals surface area contributed by atoms with Gasteiger partial charge in [-0.2, -0.15) is 0 Å². The lowest BCUT2D eigenvalue weighted by molar-refractivity contribution is 0.250. The Bertz CT molecular complexity index is 654. The summed E-state index contributed by atoms with van der Waals surface area (Å²) < 4.78 is 0. The Hall–Kier alpha value is -2.46. The molecule has 0 unspecified atom stereocenters. The quantitative estimate of drug-likeness (QED) is 0.904. The number of nitrogens with one attached hydrogen (secondary N) is 1. The molecule has 108 valence electrons. The van der Waals surface area contributed by atoms with Crippen LogP contribution in [0.25, 0.3) is 6.08 Å². The first kappa shape index (κ1) is 14.9. The van der Waals surface area contributed by atoms with E-state index < -0.39 is 0 Å².